The average molecular weight is 206 g/mol. The zero-order chi connectivity index (χ0) is 10.3. The van der Waals surface area contributed by atoms with Gasteiger partial charge in [-0.1, -0.05) is 6.42 Å². The van der Waals surface area contributed by atoms with Gasteiger partial charge in [0.05, 0.1) is 0 Å². The maximum atomic E-state index is 5.71. The monoisotopic (exact) mass is 206 g/mol. The molecule has 2 N–H and O–H groups in total. The van der Waals surface area contributed by atoms with E-state index in [1.807, 2.05) is 0 Å². The number of nitrogens with zero attached hydrogens (tertiary/aromatic N) is 3. The zero-order valence-electron chi connectivity index (χ0n) is 9.02. The van der Waals surface area contributed by atoms with Crippen LogP contribution < -0.4 is 5.73 Å². The zero-order valence-corrected chi connectivity index (χ0v) is 9.02. The fourth-order valence-electron chi connectivity index (χ4n) is 2.59. The lowest BCUT2D eigenvalue weighted by atomic mass is 9.84. The topological polar surface area (TPSA) is 56.7 Å². The van der Waals surface area contributed by atoms with Crippen LogP contribution >= 0.6 is 0 Å². The van der Waals surface area contributed by atoms with Gasteiger partial charge in [0.1, 0.15) is 11.6 Å². The van der Waals surface area contributed by atoms with E-state index in [0.29, 0.717) is 11.8 Å². The van der Waals surface area contributed by atoms with Gasteiger partial charge in [-0.15, -0.1) is 10.2 Å². The van der Waals surface area contributed by atoms with Crippen molar-refractivity contribution in [3.63, 3.8) is 0 Å². The molecule has 1 fully saturated rings. The molecule has 4 nitrogen and oxygen atoms in total. The van der Waals surface area contributed by atoms with Crippen LogP contribution in [0.5, 0.6) is 0 Å². The van der Waals surface area contributed by atoms with Gasteiger partial charge in [0.2, 0.25) is 0 Å². The van der Waals surface area contributed by atoms with Crippen molar-refractivity contribution in [3.8, 4) is 0 Å². The molecule has 1 aliphatic heterocycles. The molecule has 4 heteroatoms. The van der Waals surface area contributed by atoms with Crippen LogP contribution in [0.4, 0.5) is 0 Å². The van der Waals surface area contributed by atoms with E-state index in [4.69, 9.17) is 5.73 Å². The van der Waals surface area contributed by atoms with E-state index >= 15 is 0 Å². The van der Waals surface area contributed by atoms with Gasteiger partial charge in [-0.2, -0.15) is 0 Å². The van der Waals surface area contributed by atoms with Crippen molar-refractivity contribution in [2.75, 3.05) is 6.54 Å². The van der Waals surface area contributed by atoms with Crippen LogP contribution in [0.2, 0.25) is 0 Å². The Morgan fingerprint density at radius 3 is 2.80 bits per heavy atom. The Balaban J connectivity index is 1.85. The van der Waals surface area contributed by atoms with Crippen molar-refractivity contribution >= 4 is 0 Å². The number of rotatable bonds is 2. The van der Waals surface area contributed by atoms with Crippen molar-refractivity contribution in [1.82, 2.24) is 14.8 Å². The average Bonchev–Trinajstić information content (AvgIpc) is 2.59. The second-order valence-electron chi connectivity index (χ2n) is 4.85. The molecule has 0 aromatic carbocycles. The second kappa shape index (κ2) is 3.59. The molecule has 82 valence electrons. The third kappa shape index (κ3) is 1.47. The van der Waals surface area contributed by atoms with Crippen LogP contribution in [0, 0.1) is 5.92 Å². The first-order valence-electron chi connectivity index (χ1n) is 6.00. The first-order valence-corrected chi connectivity index (χ1v) is 6.00. The standard InChI is InChI=1S/C11H18N4/c12-7-8-4-5-15-10(6-8)13-14-11(15)9-2-1-3-9/h8-9H,1-7,12H2. The van der Waals surface area contributed by atoms with Gasteiger partial charge in [0, 0.05) is 18.9 Å². The summed E-state index contributed by atoms with van der Waals surface area (Å²) in [5.41, 5.74) is 5.71. The highest BCUT2D eigenvalue weighted by Crippen LogP contribution is 2.36. The number of nitrogens with two attached hydrogens (primary N) is 1. The van der Waals surface area contributed by atoms with Crippen molar-refractivity contribution in [2.24, 2.45) is 11.7 Å². The van der Waals surface area contributed by atoms with E-state index in [1.54, 1.807) is 0 Å². The van der Waals surface area contributed by atoms with Gasteiger partial charge < -0.3 is 10.3 Å². The fraction of sp³-hybridized carbons (Fsp3) is 0.818. The van der Waals surface area contributed by atoms with Crippen molar-refractivity contribution in [1.29, 1.82) is 0 Å². The second-order valence-corrected chi connectivity index (χ2v) is 4.85. The molecule has 0 amide bonds. The molecule has 1 atom stereocenters. The molecular weight excluding hydrogens is 188 g/mol. The summed E-state index contributed by atoms with van der Waals surface area (Å²) in [6.07, 6.45) is 6.19. The van der Waals surface area contributed by atoms with Crippen LogP contribution in [0.1, 0.15) is 43.3 Å². The number of hydrogen-bond acceptors (Lipinski definition) is 3. The number of fused-ring (bicyclic) bond motifs is 1. The summed E-state index contributed by atoms with van der Waals surface area (Å²) in [7, 11) is 0. The Hall–Kier alpha value is -0.900. The molecule has 1 unspecified atom stereocenters. The molecule has 3 rings (SSSR count). The predicted molar refractivity (Wildman–Crippen MR) is 57.5 cm³/mol. The van der Waals surface area contributed by atoms with E-state index in [-0.39, 0.29) is 0 Å². The van der Waals surface area contributed by atoms with Crippen LogP contribution in [0.25, 0.3) is 0 Å². The smallest absolute Gasteiger partial charge is 0.136 e. The SMILES string of the molecule is NCC1CCn2c(nnc2C2CCC2)C1. The third-order valence-electron chi connectivity index (χ3n) is 3.89. The minimum atomic E-state index is 0.621. The van der Waals surface area contributed by atoms with Crippen molar-refractivity contribution in [2.45, 2.75) is 44.6 Å². The molecule has 2 heterocycles. The highest BCUT2D eigenvalue weighted by Gasteiger charge is 2.29. The Bertz CT molecular complexity index is 353. The summed E-state index contributed by atoms with van der Waals surface area (Å²) in [4.78, 5) is 0. The molecule has 0 bridgehead atoms. The van der Waals surface area contributed by atoms with Crippen molar-refractivity contribution < 1.29 is 0 Å². The summed E-state index contributed by atoms with van der Waals surface area (Å²) in [5.74, 6) is 3.72. The van der Waals surface area contributed by atoms with E-state index in [9.17, 15) is 0 Å². The van der Waals surface area contributed by atoms with Crippen molar-refractivity contribution in [3.05, 3.63) is 11.6 Å². The summed E-state index contributed by atoms with van der Waals surface area (Å²) in [5, 5.41) is 8.68. The van der Waals surface area contributed by atoms with E-state index in [0.717, 1.165) is 19.5 Å². The minimum absolute atomic E-state index is 0.621. The fourth-order valence-corrected chi connectivity index (χ4v) is 2.59. The van der Waals surface area contributed by atoms with E-state index in [1.165, 1.54) is 37.3 Å². The van der Waals surface area contributed by atoms with Crippen LogP contribution in [-0.2, 0) is 13.0 Å². The lowest BCUT2D eigenvalue weighted by molar-refractivity contribution is 0.348. The van der Waals surface area contributed by atoms with Gasteiger partial charge in [-0.3, -0.25) is 0 Å². The normalized spacial score (nSPS) is 26.1. The lowest BCUT2D eigenvalue weighted by Gasteiger charge is -2.28. The molecule has 1 aliphatic carbocycles. The van der Waals surface area contributed by atoms with Gasteiger partial charge in [-0.05, 0) is 31.7 Å². The molecule has 0 spiro atoms. The number of hydrogen-bond donors (Lipinski definition) is 1. The van der Waals surface area contributed by atoms with Crippen LogP contribution in [0.3, 0.4) is 0 Å². The molecule has 1 aromatic heterocycles. The Morgan fingerprint density at radius 2 is 2.13 bits per heavy atom. The van der Waals surface area contributed by atoms with E-state index in [2.05, 4.69) is 14.8 Å². The quantitative estimate of drug-likeness (QED) is 0.787. The Labute approximate surface area is 89.9 Å². The molecule has 2 aliphatic rings. The van der Waals surface area contributed by atoms with Crippen LogP contribution in [-0.4, -0.2) is 21.3 Å². The molecule has 0 saturated heterocycles. The summed E-state index contributed by atoms with van der Waals surface area (Å²) < 4.78 is 2.34. The predicted octanol–water partition coefficient (Wildman–Crippen LogP) is 1.07. The van der Waals surface area contributed by atoms with Gasteiger partial charge >= 0.3 is 0 Å². The first-order chi connectivity index (χ1) is 7.38. The maximum absolute atomic E-state index is 5.71. The number of aromatic nitrogens is 3. The van der Waals surface area contributed by atoms with Gasteiger partial charge in [-0.25, -0.2) is 0 Å². The first kappa shape index (κ1) is 9.33. The van der Waals surface area contributed by atoms with Gasteiger partial charge in [0.15, 0.2) is 0 Å². The van der Waals surface area contributed by atoms with Gasteiger partial charge in [0.25, 0.3) is 0 Å². The van der Waals surface area contributed by atoms with Crippen LogP contribution in [0.15, 0.2) is 0 Å². The molecule has 1 aromatic rings. The summed E-state index contributed by atoms with van der Waals surface area (Å²) >= 11 is 0. The Kier molecular flexibility index (Phi) is 2.24. The molecule has 15 heavy (non-hydrogen) atoms. The largest absolute Gasteiger partial charge is 0.330 e. The summed E-state index contributed by atoms with van der Waals surface area (Å²) in [6, 6.07) is 0. The summed E-state index contributed by atoms with van der Waals surface area (Å²) in [6.45, 7) is 1.86. The minimum Gasteiger partial charge on any atom is -0.330 e. The molecular formula is C11H18N4. The lowest BCUT2D eigenvalue weighted by Crippen LogP contribution is -2.27. The third-order valence-corrected chi connectivity index (χ3v) is 3.89. The van der Waals surface area contributed by atoms with E-state index < -0.39 is 0 Å². The Morgan fingerprint density at radius 1 is 1.27 bits per heavy atom. The molecule has 0 radical (unpaired) electrons. The maximum Gasteiger partial charge on any atom is 0.136 e. The molecule has 1 saturated carbocycles. The highest BCUT2D eigenvalue weighted by atomic mass is 15.3. The highest BCUT2D eigenvalue weighted by molar-refractivity contribution is 5.07.